The second-order valence-corrected chi connectivity index (χ2v) is 3.91. The summed E-state index contributed by atoms with van der Waals surface area (Å²) in [5.41, 5.74) is 1.84. The predicted molar refractivity (Wildman–Crippen MR) is 61.5 cm³/mol. The summed E-state index contributed by atoms with van der Waals surface area (Å²) in [6.45, 7) is 2.22. The molecule has 0 spiro atoms. The predicted octanol–water partition coefficient (Wildman–Crippen LogP) is 2.79. The van der Waals surface area contributed by atoms with Crippen molar-refractivity contribution in [1.29, 1.82) is 0 Å². The van der Waals surface area contributed by atoms with Crippen LogP contribution in [0, 0.1) is 0 Å². The summed E-state index contributed by atoms with van der Waals surface area (Å²) < 4.78 is 0. The highest BCUT2D eigenvalue weighted by Gasteiger charge is 2.06. The molecule has 1 aromatic carbocycles. The van der Waals surface area contributed by atoms with Gasteiger partial charge in [0.1, 0.15) is 0 Å². The van der Waals surface area contributed by atoms with E-state index in [1.165, 1.54) is 12.8 Å². The van der Waals surface area contributed by atoms with E-state index >= 15 is 0 Å². The second kappa shape index (κ2) is 6.59. The number of unbranched alkanes of at least 4 members (excludes halogenated alkanes) is 2. The fraction of sp³-hybridized carbons (Fsp3) is 0.538. The van der Waals surface area contributed by atoms with Crippen molar-refractivity contribution < 1.29 is 10.2 Å². The van der Waals surface area contributed by atoms with Crippen LogP contribution in [0.25, 0.3) is 0 Å². The number of aliphatic hydroxyl groups is 2. The number of aliphatic hydroxyl groups excluding tert-OH is 2. The van der Waals surface area contributed by atoms with Crippen molar-refractivity contribution in [3.63, 3.8) is 0 Å². The lowest BCUT2D eigenvalue weighted by Gasteiger charge is -2.10. The highest BCUT2D eigenvalue weighted by molar-refractivity contribution is 5.23. The molecule has 1 atom stereocenters. The lowest BCUT2D eigenvalue weighted by Crippen LogP contribution is -1.97. The Hall–Kier alpha value is -0.860. The van der Waals surface area contributed by atoms with Gasteiger partial charge in [0.15, 0.2) is 0 Å². The average Bonchev–Trinajstić information content (AvgIpc) is 2.29. The Morgan fingerprint density at radius 3 is 2.33 bits per heavy atom. The van der Waals surface area contributed by atoms with Gasteiger partial charge in [-0.05, 0) is 17.5 Å². The normalized spacial score (nSPS) is 12.7. The van der Waals surface area contributed by atoms with Crippen molar-refractivity contribution >= 4 is 0 Å². The van der Waals surface area contributed by atoms with E-state index in [1.54, 1.807) is 0 Å². The Balaban J connectivity index is 2.46. The van der Waals surface area contributed by atoms with Crippen molar-refractivity contribution in [3.8, 4) is 0 Å². The van der Waals surface area contributed by atoms with Crippen LogP contribution in [-0.4, -0.2) is 10.2 Å². The van der Waals surface area contributed by atoms with E-state index in [4.69, 9.17) is 5.11 Å². The molecule has 0 heterocycles. The summed E-state index contributed by atoms with van der Waals surface area (Å²) in [7, 11) is 0. The molecule has 0 amide bonds. The van der Waals surface area contributed by atoms with Gasteiger partial charge in [0.05, 0.1) is 12.7 Å². The molecule has 2 N–H and O–H groups in total. The molecule has 84 valence electrons. The van der Waals surface area contributed by atoms with Crippen LogP contribution in [0.3, 0.4) is 0 Å². The molecule has 2 heteroatoms. The first kappa shape index (κ1) is 12.2. The minimum atomic E-state index is -0.357. The molecule has 1 aromatic rings. The molecular formula is C13H20O2. The van der Waals surface area contributed by atoms with Crippen molar-refractivity contribution in [1.82, 2.24) is 0 Å². The maximum Gasteiger partial charge on any atom is 0.0790 e. The molecule has 0 aliphatic heterocycles. The van der Waals surface area contributed by atoms with Crippen LogP contribution in [-0.2, 0) is 6.61 Å². The fourth-order valence-corrected chi connectivity index (χ4v) is 1.60. The third-order valence-corrected chi connectivity index (χ3v) is 2.63. The van der Waals surface area contributed by atoms with E-state index in [2.05, 4.69) is 6.92 Å². The number of hydrogen-bond acceptors (Lipinski definition) is 2. The Labute approximate surface area is 91.6 Å². The maximum absolute atomic E-state index is 9.85. The van der Waals surface area contributed by atoms with Crippen LogP contribution in [0.15, 0.2) is 24.3 Å². The summed E-state index contributed by atoms with van der Waals surface area (Å²) >= 11 is 0. The second-order valence-electron chi connectivity index (χ2n) is 3.91. The molecule has 15 heavy (non-hydrogen) atoms. The molecule has 0 unspecified atom stereocenters. The van der Waals surface area contributed by atoms with Gasteiger partial charge < -0.3 is 10.2 Å². The van der Waals surface area contributed by atoms with Gasteiger partial charge in [0, 0.05) is 0 Å². The number of benzene rings is 1. The van der Waals surface area contributed by atoms with Gasteiger partial charge in [0.25, 0.3) is 0 Å². The first-order chi connectivity index (χ1) is 7.27. The zero-order chi connectivity index (χ0) is 11.1. The molecular weight excluding hydrogens is 188 g/mol. The van der Waals surface area contributed by atoms with Crippen LogP contribution >= 0.6 is 0 Å². The third kappa shape index (κ3) is 4.02. The van der Waals surface area contributed by atoms with Gasteiger partial charge in [-0.3, -0.25) is 0 Å². The Morgan fingerprint density at radius 2 is 1.80 bits per heavy atom. The number of rotatable bonds is 6. The summed E-state index contributed by atoms with van der Waals surface area (Å²) in [6.07, 6.45) is 3.89. The highest BCUT2D eigenvalue weighted by atomic mass is 16.3. The molecule has 0 bridgehead atoms. The van der Waals surface area contributed by atoms with Crippen molar-refractivity contribution in [2.75, 3.05) is 0 Å². The van der Waals surface area contributed by atoms with Gasteiger partial charge in [-0.2, -0.15) is 0 Å². The van der Waals surface area contributed by atoms with Gasteiger partial charge in [-0.15, -0.1) is 0 Å². The summed E-state index contributed by atoms with van der Waals surface area (Å²) in [5.74, 6) is 0. The zero-order valence-corrected chi connectivity index (χ0v) is 9.32. The van der Waals surface area contributed by atoms with E-state index in [0.717, 1.165) is 24.0 Å². The van der Waals surface area contributed by atoms with E-state index in [0.29, 0.717) is 0 Å². The molecule has 0 saturated carbocycles. The van der Waals surface area contributed by atoms with Crippen molar-refractivity contribution in [2.45, 2.75) is 45.3 Å². The third-order valence-electron chi connectivity index (χ3n) is 2.63. The molecule has 0 saturated heterocycles. The average molecular weight is 208 g/mol. The lowest BCUT2D eigenvalue weighted by atomic mass is 10.0. The highest BCUT2D eigenvalue weighted by Crippen LogP contribution is 2.19. The Morgan fingerprint density at radius 1 is 1.13 bits per heavy atom. The van der Waals surface area contributed by atoms with Gasteiger partial charge in [0.2, 0.25) is 0 Å². The van der Waals surface area contributed by atoms with Crippen LogP contribution in [0.4, 0.5) is 0 Å². The molecule has 0 aliphatic carbocycles. The SMILES string of the molecule is CCCCC[C@H](O)c1ccc(CO)cc1. The minimum absolute atomic E-state index is 0.0617. The summed E-state index contributed by atoms with van der Waals surface area (Å²) in [5, 5.41) is 18.7. The largest absolute Gasteiger partial charge is 0.392 e. The van der Waals surface area contributed by atoms with E-state index in [9.17, 15) is 5.11 Å². The first-order valence-corrected chi connectivity index (χ1v) is 5.65. The van der Waals surface area contributed by atoms with Gasteiger partial charge in [-0.1, -0.05) is 50.5 Å². The lowest BCUT2D eigenvalue weighted by molar-refractivity contribution is 0.163. The monoisotopic (exact) mass is 208 g/mol. The first-order valence-electron chi connectivity index (χ1n) is 5.65. The van der Waals surface area contributed by atoms with Crippen LogP contribution < -0.4 is 0 Å². The molecule has 0 fully saturated rings. The smallest absolute Gasteiger partial charge is 0.0790 e. The van der Waals surface area contributed by atoms with E-state index in [1.807, 2.05) is 24.3 Å². The fourth-order valence-electron chi connectivity index (χ4n) is 1.60. The Kier molecular flexibility index (Phi) is 5.37. The quantitative estimate of drug-likeness (QED) is 0.706. The van der Waals surface area contributed by atoms with Crippen molar-refractivity contribution in [2.24, 2.45) is 0 Å². The molecule has 1 rings (SSSR count). The van der Waals surface area contributed by atoms with Gasteiger partial charge in [-0.25, -0.2) is 0 Å². The topological polar surface area (TPSA) is 40.5 Å². The molecule has 0 aromatic heterocycles. The summed E-state index contributed by atoms with van der Waals surface area (Å²) in [4.78, 5) is 0. The van der Waals surface area contributed by atoms with Crippen LogP contribution in [0.1, 0.15) is 49.8 Å². The minimum Gasteiger partial charge on any atom is -0.392 e. The van der Waals surface area contributed by atoms with E-state index in [-0.39, 0.29) is 12.7 Å². The van der Waals surface area contributed by atoms with E-state index < -0.39 is 0 Å². The molecule has 0 aliphatic rings. The molecule has 0 radical (unpaired) electrons. The standard InChI is InChI=1S/C13H20O2/c1-2-3-4-5-13(15)12-8-6-11(10-14)7-9-12/h6-9,13-15H,2-5,10H2,1H3/t13-/m0/s1. The van der Waals surface area contributed by atoms with Crippen molar-refractivity contribution in [3.05, 3.63) is 35.4 Å². The van der Waals surface area contributed by atoms with Crippen LogP contribution in [0.5, 0.6) is 0 Å². The Bertz CT molecular complexity index is 266. The maximum atomic E-state index is 9.85. The zero-order valence-electron chi connectivity index (χ0n) is 9.32. The van der Waals surface area contributed by atoms with Crippen LogP contribution in [0.2, 0.25) is 0 Å². The number of hydrogen-bond donors (Lipinski definition) is 2. The summed E-state index contributed by atoms with van der Waals surface area (Å²) in [6, 6.07) is 7.50. The molecule has 2 nitrogen and oxygen atoms in total. The van der Waals surface area contributed by atoms with Gasteiger partial charge >= 0.3 is 0 Å².